The maximum atomic E-state index is 12.1. The molecule has 0 bridgehead atoms. The van der Waals surface area contributed by atoms with Crippen molar-refractivity contribution in [1.82, 2.24) is 4.90 Å². The minimum absolute atomic E-state index is 0.00707. The van der Waals surface area contributed by atoms with Crippen LogP contribution in [0.4, 0.5) is 10.5 Å². The van der Waals surface area contributed by atoms with E-state index in [1.807, 2.05) is 45.0 Å². The van der Waals surface area contributed by atoms with Gasteiger partial charge in [-0.25, -0.2) is 4.79 Å². The quantitative estimate of drug-likeness (QED) is 0.831. The van der Waals surface area contributed by atoms with Crippen LogP contribution < -0.4 is 4.90 Å². The highest BCUT2D eigenvalue weighted by Crippen LogP contribution is 2.25. The fourth-order valence-electron chi connectivity index (χ4n) is 2.50. The zero-order valence-corrected chi connectivity index (χ0v) is 15.1. The molecule has 0 unspecified atom stereocenters. The summed E-state index contributed by atoms with van der Waals surface area (Å²) in [6.07, 6.45) is 2.59. The number of nitrogens with zero attached hydrogens (tertiary/aromatic N) is 2. The van der Waals surface area contributed by atoms with Crippen LogP contribution in [-0.4, -0.2) is 42.6 Å². The summed E-state index contributed by atoms with van der Waals surface area (Å²) < 4.78 is 5.40. The van der Waals surface area contributed by atoms with Gasteiger partial charge in [0.2, 0.25) is 5.91 Å². The molecule has 0 saturated heterocycles. The van der Waals surface area contributed by atoms with Crippen molar-refractivity contribution in [2.24, 2.45) is 0 Å². The molecule has 0 fully saturated rings. The van der Waals surface area contributed by atoms with Crippen LogP contribution in [0.15, 0.2) is 30.3 Å². The summed E-state index contributed by atoms with van der Waals surface area (Å²) in [6, 6.07) is 7.92. The Balaban J connectivity index is 2.02. The zero-order valence-electron chi connectivity index (χ0n) is 15.1. The minimum atomic E-state index is -0.473. The van der Waals surface area contributed by atoms with Crippen LogP contribution in [0.3, 0.4) is 0 Å². The standard InChI is InChI=1S/C19H26N2O3/c1-14(22)20(5)17-8-6-15(7-9-17)16-10-12-21(13-11-16)18(23)24-19(2,3)4/h6-10H,11-13H2,1-5H3. The number of amides is 2. The Morgan fingerprint density at radius 3 is 2.25 bits per heavy atom. The Morgan fingerprint density at radius 2 is 1.79 bits per heavy atom. The second-order valence-electron chi connectivity index (χ2n) is 7.03. The predicted octanol–water partition coefficient (Wildman–Crippen LogP) is 3.69. The van der Waals surface area contributed by atoms with Gasteiger partial charge in [0, 0.05) is 32.7 Å². The maximum absolute atomic E-state index is 12.1. The Bertz CT molecular complexity index is 642. The van der Waals surface area contributed by atoms with E-state index < -0.39 is 5.60 Å². The lowest BCUT2D eigenvalue weighted by Crippen LogP contribution is -2.39. The van der Waals surface area contributed by atoms with Gasteiger partial charge in [-0.1, -0.05) is 18.2 Å². The van der Waals surface area contributed by atoms with Gasteiger partial charge >= 0.3 is 6.09 Å². The summed E-state index contributed by atoms with van der Waals surface area (Å²) in [5.74, 6) is 0.00707. The van der Waals surface area contributed by atoms with Gasteiger partial charge in [-0.3, -0.25) is 4.79 Å². The molecule has 0 radical (unpaired) electrons. The molecule has 2 amide bonds. The second-order valence-corrected chi connectivity index (χ2v) is 7.03. The molecule has 0 saturated carbocycles. The molecular weight excluding hydrogens is 304 g/mol. The Labute approximate surface area is 143 Å². The largest absolute Gasteiger partial charge is 0.444 e. The molecule has 0 N–H and O–H groups in total. The number of carbonyl (C=O) groups excluding carboxylic acids is 2. The fraction of sp³-hybridized carbons (Fsp3) is 0.474. The van der Waals surface area contributed by atoms with Crippen LogP contribution in [0.1, 0.15) is 39.7 Å². The molecule has 1 heterocycles. The monoisotopic (exact) mass is 330 g/mol. The first-order chi connectivity index (χ1) is 11.2. The number of hydrogen-bond donors (Lipinski definition) is 0. The average Bonchev–Trinajstić information content (AvgIpc) is 2.53. The van der Waals surface area contributed by atoms with Gasteiger partial charge in [-0.2, -0.15) is 0 Å². The summed E-state index contributed by atoms with van der Waals surface area (Å²) in [4.78, 5) is 26.8. The SMILES string of the molecule is CC(=O)N(C)c1ccc(C2=CCN(C(=O)OC(C)(C)C)CC2)cc1. The Hall–Kier alpha value is -2.30. The fourth-order valence-corrected chi connectivity index (χ4v) is 2.50. The van der Waals surface area contributed by atoms with E-state index in [0.717, 1.165) is 17.7 Å². The minimum Gasteiger partial charge on any atom is -0.444 e. The third-order valence-electron chi connectivity index (χ3n) is 3.96. The summed E-state index contributed by atoms with van der Waals surface area (Å²) in [6.45, 7) is 8.36. The first-order valence-corrected chi connectivity index (χ1v) is 8.19. The maximum Gasteiger partial charge on any atom is 0.410 e. The van der Waals surface area contributed by atoms with E-state index in [-0.39, 0.29) is 12.0 Å². The molecule has 2 rings (SSSR count). The first kappa shape index (κ1) is 18.0. The summed E-state index contributed by atoms with van der Waals surface area (Å²) in [7, 11) is 1.76. The molecule has 0 spiro atoms. The highest BCUT2D eigenvalue weighted by Gasteiger charge is 2.23. The van der Waals surface area contributed by atoms with Crippen molar-refractivity contribution in [2.45, 2.75) is 39.7 Å². The van der Waals surface area contributed by atoms with Crippen LogP contribution >= 0.6 is 0 Å². The number of ether oxygens (including phenoxy) is 1. The zero-order chi connectivity index (χ0) is 17.9. The van der Waals surface area contributed by atoms with E-state index in [9.17, 15) is 9.59 Å². The van der Waals surface area contributed by atoms with Crippen molar-refractivity contribution in [3.63, 3.8) is 0 Å². The molecule has 5 nitrogen and oxygen atoms in total. The van der Waals surface area contributed by atoms with E-state index >= 15 is 0 Å². The van der Waals surface area contributed by atoms with Gasteiger partial charge in [-0.05, 0) is 50.5 Å². The molecule has 24 heavy (non-hydrogen) atoms. The van der Waals surface area contributed by atoms with Crippen LogP contribution in [0, 0.1) is 0 Å². The van der Waals surface area contributed by atoms with Crippen molar-refractivity contribution in [2.75, 3.05) is 25.0 Å². The molecule has 1 aromatic carbocycles. The third kappa shape index (κ3) is 4.60. The molecule has 0 atom stereocenters. The molecular formula is C19H26N2O3. The third-order valence-corrected chi connectivity index (χ3v) is 3.96. The number of hydrogen-bond acceptors (Lipinski definition) is 3. The molecule has 1 aromatic rings. The number of benzene rings is 1. The van der Waals surface area contributed by atoms with E-state index in [1.54, 1.807) is 23.8 Å². The Morgan fingerprint density at radius 1 is 1.17 bits per heavy atom. The highest BCUT2D eigenvalue weighted by molar-refractivity contribution is 5.91. The average molecular weight is 330 g/mol. The molecule has 5 heteroatoms. The molecule has 1 aliphatic rings. The van der Waals surface area contributed by atoms with Crippen molar-refractivity contribution < 1.29 is 14.3 Å². The normalized spacial score (nSPS) is 14.9. The molecule has 1 aliphatic heterocycles. The van der Waals surface area contributed by atoms with Crippen LogP contribution in [0.25, 0.3) is 5.57 Å². The number of anilines is 1. The van der Waals surface area contributed by atoms with Gasteiger partial charge in [0.1, 0.15) is 5.60 Å². The summed E-state index contributed by atoms with van der Waals surface area (Å²) >= 11 is 0. The van der Waals surface area contributed by atoms with Gasteiger partial charge in [0.15, 0.2) is 0 Å². The molecule has 0 aromatic heterocycles. The van der Waals surface area contributed by atoms with E-state index in [0.29, 0.717) is 13.1 Å². The van der Waals surface area contributed by atoms with Crippen LogP contribution in [0.5, 0.6) is 0 Å². The van der Waals surface area contributed by atoms with E-state index in [4.69, 9.17) is 4.74 Å². The Kier molecular flexibility index (Phi) is 5.32. The number of carbonyl (C=O) groups is 2. The number of rotatable bonds is 2. The predicted molar refractivity (Wildman–Crippen MR) is 95.9 cm³/mol. The van der Waals surface area contributed by atoms with Crippen molar-refractivity contribution in [3.8, 4) is 0 Å². The van der Waals surface area contributed by atoms with E-state index in [2.05, 4.69) is 6.08 Å². The van der Waals surface area contributed by atoms with Gasteiger partial charge in [-0.15, -0.1) is 0 Å². The second kappa shape index (κ2) is 7.07. The van der Waals surface area contributed by atoms with E-state index in [1.165, 1.54) is 5.57 Å². The lowest BCUT2D eigenvalue weighted by Gasteiger charge is -2.29. The van der Waals surface area contributed by atoms with Crippen LogP contribution in [0.2, 0.25) is 0 Å². The first-order valence-electron chi connectivity index (χ1n) is 8.19. The van der Waals surface area contributed by atoms with Crippen molar-refractivity contribution >= 4 is 23.3 Å². The highest BCUT2D eigenvalue weighted by atomic mass is 16.6. The van der Waals surface area contributed by atoms with Gasteiger partial charge in [0.05, 0.1) is 0 Å². The van der Waals surface area contributed by atoms with Gasteiger partial charge < -0.3 is 14.5 Å². The molecule has 130 valence electrons. The smallest absolute Gasteiger partial charge is 0.410 e. The lowest BCUT2D eigenvalue weighted by atomic mass is 9.99. The molecule has 0 aliphatic carbocycles. The van der Waals surface area contributed by atoms with Crippen molar-refractivity contribution in [1.29, 1.82) is 0 Å². The summed E-state index contributed by atoms with van der Waals surface area (Å²) in [5.41, 5.74) is 2.74. The lowest BCUT2D eigenvalue weighted by molar-refractivity contribution is -0.116. The summed E-state index contributed by atoms with van der Waals surface area (Å²) in [5, 5.41) is 0. The van der Waals surface area contributed by atoms with Crippen LogP contribution in [-0.2, 0) is 9.53 Å². The van der Waals surface area contributed by atoms with Gasteiger partial charge in [0.25, 0.3) is 0 Å². The van der Waals surface area contributed by atoms with Crippen molar-refractivity contribution in [3.05, 3.63) is 35.9 Å². The topological polar surface area (TPSA) is 49.9 Å².